The van der Waals surface area contributed by atoms with Crippen molar-refractivity contribution in [2.24, 2.45) is 5.11 Å². The van der Waals surface area contributed by atoms with Crippen LogP contribution >= 0.6 is 0 Å². The van der Waals surface area contributed by atoms with Crippen LogP contribution in [-0.4, -0.2) is 97.9 Å². The fourth-order valence-electron chi connectivity index (χ4n) is 5.88. The van der Waals surface area contributed by atoms with Crippen molar-refractivity contribution in [1.29, 1.82) is 0 Å². The lowest BCUT2D eigenvalue weighted by molar-refractivity contribution is -0.349. The van der Waals surface area contributed by atoms with Crippen LogP contribution in [0.15, 0.2) is 109 Å². The molecule has 0 saturated carbocycles. The first-order chi connectivity index (χ1) is 24.9. The highest BCUT2D eigenvalue weighted by atomic mass is 16.7. The van der Waals surface area contributed by atoms with E-state index in [9.17, 15) is 20.5 Å². The molecule has 0 unspecified atom stereocenters. The van der Waals surface area contributed by atoms with E-state index >= 15 is 0 Å². The van der Waals surface area contributed by atoms with Gasteiger partial charge in [0.1, 0.15) is 42.7 Å². The van der Waals surface area contributed by atoms with Crippen LogP contribution in [0.25, 0.3) is 10.4 Å². The predicted molar refractivity (Wildman–Crippen MR) is 181 cm³/mol. The highest BCUT2D eigenvalue weighted by Crippen LogP contribution is 2.34. The Morgan fingerprint density at radius 1 is 0.804 bits per heavy atom. The van der Waals surface area contributed by atoms with Crippen LogP contribution in [0, 0.1) is 0 Å². The molecule has 51 heavy (non-hydrogen) atoms. The molecule has 2 aliphatic rings. The maximum Gasteiger partial charge on any atom is 0.337 e. The molecular weight excluding hydrogens is 662 g/mol. The summed E-state index contributed by atoms with van der Waals surface area (Å²) in [5.74, 6) is -0.902. The summed E-state index contributed by atoms with van der Waals surface area (Å²) in [5.41, 5.74) is 12.1. The third kappa shape index (κ3) is 10.2. The molecule has 2 heterocycles. The molecular formula is C37H43N3O11. The number of esters is 1. The topological polar surface area (TPSA) is 180 Å². The van der Waals surface area contributed by atoms with Gasteiger partial charge in [-0.05, 0) is 22.2 Å². The number of ether oxygens (including phenoxy) is 8. The van der Waals surface area contributed by atoms with Crippen LogP contribution in [0.4, 0.5) is 0 Å². The number of aliphatic hydroxyl groups is 2. The standard InChI is InChI=1S/C37H43N3O11/c1-3-19-46-36-28(39-40-38)32(47-21-25-15-9-5-10-16-25)31(27(49-36)23-45-20-24-13-7-4-8-14-24)50-37-30(42)33(29(41)34(51-37)35(43)44-2)48-22-26-17-11-6-12-18-26/h3-18,27-34,36-37,41-42H,1,19-23H2,2H3/t27-,28-,29-,30+,31-,32-,33-,34-,36+,37-/m1/s1. The molecule has 2 aliphatic heterocycles. The van der Waals surface area contributed by atoms with E-state index < -0.39 is 67.3 Å². The van der Waals surface area contributed by atoms with Crippen molar-refractivity contribution in [2.75, 3.05) is 20.3 Å². The van der Waals surface area contributed by atoms with Crippen LogP contribution in [0.2, 0.25) is 0 Å². The third-order valence-electron chi connectivity index (χ3n) is 8.41. The Morgan fingerprint density at radius 3 is 1.92 bits per heavy atom. The first-order valence-electron chi connectivity index (χ1n) is 16.5. The Labute approximate surface area is 296 Å². The van der Waals surface area contributed by atoms with Gasteiger partial charge in [-0.2, -0.15) is 0 Å². The SMILES string of the molecule is C=CCO[C@H]1O[C@H](COCc2ccccc2)[C@@H](O[C@@H]2O[C@@H](C(=O)OC)[C@H](O)[C@@H](OCc3ccccc3)[C@@H]2O)[C@H](OCc2ccccc2)[C@H]1N=[N+]=[N-]. The first kappa shape index (κ1) is 38.1. The third-order valence-corrected chi connectivity index (χ3v) is 8.41. The van der Waals surface area contributed by atoms with Crippen molar-refractivity contribution in [3.8, 4) is 0 Å². The van der Waals surface area contributed by atoms with E-state index in [1.165, 1.54) is 6.08 Å². The van der Waals surface area contributed by atoms with E-state index in [1.54, 1.807) is 0 Å². The molecule has 272 valence electrons. The number of methoxy groups -OCH3 is 1. The Kier molecular flexibility index (Phi) is 14.5. The number of azide groups is 1. The average molecular weight is 706 g/mol. The Morgan fingerprint density at radius 2 is 1.37 bits per heavy atom. The van der Waals surface area contributed by atoms with Crippen LogP contribution in [0.5, 0.6) is 0 Å². The zero-order chi connectivity index (χ0) is 36.0. The Bertz CT molecular complexity index is 1550. The molecule has 3 aromatic rings. The monoisotopic (exact) mass is 705 g/mol. The fraction of sp³-hybridized carbons (Fsp3) is 0.432. The molecule has 0 amide bonds. The quantitative estimate of drug-likeness (QED) is 0.0682. The maximum absolute atomic E-state index is 12.8. The van der Waals surface area contributed by atoms with Crippen LogP contribution < -0.4 is 0 Å². The van der Waals surface area contributed by atoms with Crippen molar-refractivity contribution < 1.29 is 52.9 Å². The van der Waals surface area contributed by atoms with Gasteiger partial charge < -0.3 is 48.1 Å². The Balaban J connectivity index is 1.47. The maximum atomic E-state index is 12.8. The normalized spacial score (nSPS) is 29.1. The molecule has 2 N–H and O–H groups in total. The minimum Gasteiger partial charge on any atom is -0.467 e. The lowest BCUT2D eigenvalue weighted by Gasteiger charge is -2.48. The lowest BCUT2D eigenvalue weighted by atomic mass is 9.95. The summed E-state index contributed by atoms with van der Waals surface area (Å²) in [6.45, 7) is 4.04. The molecule has 5 rings (SSSR count). The highest BCUT2D eigenvalue weighted by Gasteiger charge is 2.54. The smallest absolute Gasteiger partial charge is 0.337 e. The molecule has 3 aromatic carbocycles. The second-order valence-electron chi connectivity index (χ2n) is 11.9. The second kappa shape index (κ2) is 19.4. The van der Waals surface area contributed by atoms with Gasteiger partial charge in [-0.25, -0.2) is 4.79 Å². The van der Waals surface area contributed by atoms with Crippen molar-refractivity contribution in [2.45, 2.75) is 81.2 Å². The molecule has 0 spiro atoms. The van der Waals surface area contributed by atoms with Gasteiger partial charge in [0.15, 0.2) is 18.7 Å². The van der Waals surface area contributed by atoms with Gasteiger partial charge in [-0.15, -0.1) is 6.58 Å². The number of carbonyl (C=O) groups is 1. The van der Waals surface area contributed by atoms with Crippen molar-refractivity contribution in [3.05, 3.63) is 131 Å². The molecule has 10 atom stereocenters. The summed E-state index contributed by atoms with van der Waals surface area (Å²) in [6, 6.07) is 26.9. The van der Waals surface area contributed by atoms with Crippen LogP contribution in [0.1, 0.15) is 16.7 Å². The Hall–Kier alpha value is -4.18. The number of carbonyl (C=O) groups excluding carboxylic acids is 1. The van der Waals surface area contributed by atoms with E-state index in [1.807, 2.05) is 91.0 Å². The molecule has 14 heteroatoms. The minimum atomic E-state index is -1.61. The van der Waals surface area contributed by atoms with E-state index in [4.69, 9.17) is 37.9 Å². The molecule has 2 saturated heterocycles. The second-order valence-corrected chi connectivity index (χ2v) is 11.9. The van der Waals surface area contributed by atoms with Crippen molar-refractivity contribution in [3.63, 3.8) is 0 Å². The van der Waals surface area contributed by atoms with E-state index in [0.717, 1.165) is 23.8 Å². The van der Waals surface area contributed by atoms with Gasteiger partial charge >= 0.3 is 5.97 Å². The number of rotatable bonds is 17. The number of hydrogen-bond donors (Lipinski definition) is 2. The molecule has 0 aromatic heterocycles. The van der Waals surface area contributed by atoms with E-state index in [0.29, 0.717) is 0 Å². The van der Waals surface area contributed by atoms with Crippen LogP contribution in [-0.2, 0) is 62.5 Å². The average Bonchev–Trinajstić information content (AvgIpc) is 3.16. The summed E-state index contributed by atoms with van der Waals surface area (Å²) in [7, 11) is 1.15. The zero-order valence-corrected chi connectivity index (χ0v) is 28.2. The van der Waals surface area contributed by atoms with Crippen LogP contribution in [0.3, 0.4) is 0 Å². The summed E-state index contributed by atoms with van der Waals surface area (Å²) in [4.78, 5) is 15.9. The number of benzene rings is 3. The molecule has 2 fully saturated rings. The van der Waals surface area contributed by atoms with Crippen molar-refractivity contribution >= 4 is 5.97 Å². The van der Waals surface area contributed by atoms with Gasteiger partial charge in [0.25, 0.3) is 0 Å². The van der Waals surface area contributed by atoms with Crippen molar-refractivity contribution in [1.82, 2.24) is 0 Å². The molecule has 14 nitrogen and oxygen atoms in total. The van der Waals surface area contributed by atoms with Gasteiger partial charge in [-0.1, -0.05) is 102 Å². The number of hydrogen-bond acceptors (Lipinski definition) is 12. The summed E-state index contributed by atoms with van der Waals surface area (Å²) < 4.78 is 48.0. The lowest BCUT2D eigenvalue weighted by Crippen LogP contribution is -2.65. The summed E-state index contributed by atoms with van der Waals surface area (Å²) >= 11 is 0. The summed E-state index contributed by atoms with van der Waals surface area (Å²) in [6.07, 6.45) is -10.5. The number of aliphatic hydroxyl groups excluding tert-OH is 2. The van der Waals surface area contributed by atoms with E-state index in [-0.39, 0.29) is 33.0 Å². The number of nitrogens with zero attached hydrogens (tertiary/aromatic N) is 3. The first-order valence-corrected chi connectivity index (χ1v) is 16.5. The van der Waals surface area contributed by atoms with Gasteiger partial charge in [0.05, 0.1) is 40.1 Å². The molecule has 0 bridgehead atoms. The largest absolute Gasteiger partial charge is 0.467 e. The highest BCUT2D eigenvalue weighted by molar-refractivity contribution is 5.75. The fourth-order valence-corrected chi connectivity index (χ4v) is 5.88. The summed E-state index contributed by atoms with van der Waals surface area (Å²) in [5, 5.41) is 26.8. The minimum absolute atomic E-state index is 0.00677. The van der Waals surface area contributed by atoms with Gasteiger partial charge in [-0.3, -0.25) is 0 Å². The van der Waals surface area contributed by atoms with E-state index in [2.05, 4.69) is 16.6 Å². The predicted octanol–water partition coefficient (Wildman–Crippen LogP) is 3.99. The zero-order valence-electron chi connectivity index (χ0n) is 28.2. The van der Waals surface area contributed by atoms with Gasteiger partial charge in [0, 0.05) is 4.91 Å². The van der Waals surface area contributed by atoms with Gasteiger partial charge in [0.2, 0.25) is 0 Å². The molecule has 0 aliphatic carbocycles. The molecule has 0 radical (unpaired) electrons.